The van der Waals surface area contributed by atoms with Crippen LogP contribution in [0, 0.1) is 6.92 Å². The minimum Gasteiger partial charge on any atom is -0.508 e. The number of sulfonamides is 1. The van der Waals surface area contributed by atoms with Crippen LogP contribution in [0.25, 0.3) is 0 Å². The molecule has 0 heterocycles. The molecule has 94 valence electrons. The SMILES string of the molecule is Cc1ccccc1S(=O)(=O)Nc1ccc(O)cc1. The van der Waals surface area contributed by atoms with E-state index in [1.807, 2.05) is 0 Å². The predicted molar refractivity (Wildman–Crippen MR) is 70.1 cm³/mol. The summed E-state index contributed by atoms with van der Waals surface area (Å²) in [5.74, 6) is 0.0915. The lowest BCUT2D eigenvalue weighted by Crippen LogP contribution is -2.13. The zero-order valence-electron chi connectivity index (χ0n) is 9.79. The van der Waals surface area contributed by atoms with Crippen LogP contribution in [0.15, 0.2) is 53.4 Å². The number of benzene rings is 2. The van der Waals surface area contributed by atoms with Gasteiger partial charge in [0.25, 0.3) is 10.0 Å². The van der Waals surface area contributed by atoms with Gasteiger partial charge in [0.2, 0.25) is 0 Å². The molecule has 0 radical (unpaired) electrons. The third kappa shape index (κ3) is 2.62. The van der Waals surface area contributed by atoms with Gasteiger partial charge in [-0.1, -0.05) is 18.2 Å². The average Bonchev–Trinajstić information content (AvgIpc) is 2.32. The lowest BCUT2D eigenvalue weighted by molar-refractivity contribution is 0.475. The average molecular weight is 263 g/mol. The van der Waals surface area contributed by atoms with Gasteiger partial charge < -0.3 is 5.11 Å². The highest BCUT2D eigenvalue weighted by atomic mass is 32.2. The Bertz CT molecular complexity index is 648. The van der Waals surface area contributed by atoms with Crippen molar-refractivity contribution in [2.45, 2.75) is 11.8 Å². The molecule has 0 aliphatic heterocycles. The minimum absolute atomic E-state index is 0.0915. The van der Waals surface area contributed by atoms with E-state index in [1.54, 1.807) is 31.2 Å². The number of rotatable bonds is 3. The summed E-state index contributed by atoms with van der Waals surface area (Å²) in [5, 5.41) is 9.14. The largest absolute Gasteiger partial charge is 0.508 e. The number of phenolic OH excluding ortho intramolecular Hbond substituents is 1. The Morgan fingerprint density at radius 3 is 2.22 bits per heavy atom. The van der Waals surface area contributed by atoms with E-state index in [9.17, 15) is 8.42 Å². The van der Waals surface area contributed by atoms with Gasteiger partial charge >= 0.3 is 0 Å². The van der Waals surface area contributed by atoms with Crippen LogP contribution in [-0.2, 0) is 10.0 Å². The molecule has 0 atom stereocenters. The second kappa shape index (κ2) is 4.70. The lowest BCUT2D eigenvalue weighted by atomic mass is 10.2. The molecule has 0 fully saturated rings. The van der Waals surface area contributed by atoms with E-state index in [0.29, 0.717) is 11.3 Å². The second-order valence-corrected chi connectivity index (χ2v) is 5.57. The fourth-order valence-corrected chi connectivity index (χ4v) is 2.90. The molecule has 4 nitrogen and oxygen atoms in total. The molecule has 2 N–H and O–H groups in total. The Morgan fingerprint density at radius 1 is 1.00 bits per heavy atom. The lowest BCUT2D eigenvalue weighted by Gasteiger charge is -2.10. The van der Waals surface area contributed by atoms with Crippen molar-refractivity contribution in [2.24, 2.45) is 0 Å². The summed E-state index contributed by atoms with van der Waals surface area (Å²) in [6, 6.07) is 12.6. The normalized spacial score (nSPS) is 11.2. The third-order valence-corrected chi connectivity index (χ3v) is 4.04. The van der Waals surface area contributed by atoms with Crippen LogP contribution in [0.4, 0.5) is 5.69 Å². The van der Waals surface area contributed by atoms with Gasteiger partial charge in [-0.25, -0.2) is 8.42 Å². The van der Waals surface area contributed by atoms with Gasteiger partial charge in [-0.3, -0.25) is 4.72 Å². The first-order chi connectivity index (χ1) is 8.49. The molecular weight excluding hydrogens is 250 g/mol. The molecule has 2 aromatic carbocycles. The number of nitrogens with one attached hydrogen (secondary N) is 1. The summed E-state index contributed by atoms with van der Waals surface area (Å²) in [5.41, 5.74) is 1.10. The van der Waals surface area contributed by atoms with Crippen LogP contribution in [0.1, 0.15) is 5.56 Å². The molecule has 0 aliphatic rings. The molecule has 5 heteroatoms. The van der Waals surface area contributed by atoms with Crippen LogP contribution < -0.4 is 4.72 Å². The van der Waals surface area contributed by atoms with Crippen molar-refractivity contribution in [1.29, 1.82) is 0 Å². The molecule has 0 saturated carbocycles. The van der Waals surface area contributed by atoms with E-state index >= 15 is 0 Å². The van der Waals surface area contributed by atoms with Crippen molar-refractivity contribution < 1.29 is 13.5 Å². The van der Waals surface area contributed by atoms with Gasteiger partial charge in [-0.15, -0.1) is 0 Å². The van der Waals surface area contributed by atoms with Crippen LogP contribution in [-0.4, -0.2) is 13.5 Å². The summed E-state index contributed by atoms with van der Waals surface area (Å²) in [7, 11) is -3.59. The third-order valence-electron chi connectivity index (χ3n) is 2.50. The number of phenols is 1. The minimum atomic E-state index is -3.59. The zero-order chi connectivity index (χ0) is 13.2. The first-order valence-electron chi connectivity index (χ1n) is 5.36. The van der Waals surface area contributed by atoms with Crippen molar-refractivity contribution >= 4 is 15.7 Å². The molecule has 0 aliphatic carbocycles. The van der Waals surface area contributed by atoms with Crippen molar-refractivity contribution in [1.82, 2.24) is 0 Å². The van der Waals surface area contributed by atoms with Crippen LogP contribution in [0.3, 0.4) is 0 Å². The van der Waals surface area contributed by atoms with Crippen molar-refractivity contribution in [3.8, 4) is 5.75 Å². The zero-order valence-corrected chi connectivity index (χ0v) is 10.6. The van der Waals surface area contributed by atoms with E-state index < -0.39 is 10.0 Å². The number of hydrogen-bond acceptors (Lipinski definition) is 3. The molecule has 0 unspecified atom stereocenters. The van der Waals surface area contributed by atoms with Crippen LogP contribution in [0.5, 0.6) is 5.75 Å². The van der Waals surface area contributed by atoms with E-state index in [4.69, 9.17) is 5.11 Å². The molecular formula is C13H13NO3S. The molecule has 18 heavy (non-hydrogen) atoms. The Kier molecular flexibility index (Phi) is 3.25. The molecule has 0 aromatic heterocycles. The Labute approximate surface area is 106 Å². The molecule has 0 bridgehead atoms. The molecule has 2 aromatic rings. The summed E-state index contributed by atoms with van der Waals surface area (Å²) in [6.45, 7) is 1.74. The Balaban J connectivity index is 2.33. The van der Waals surface area contributed by atoms with Gasteiger partial charge in [-0.2, -0.15) is 0 Å². The molecule has 0 amide bonds. The molecule has 0 spiro atoms. The Hall–Kier alpha value is -2.01. The smallest absolute Gasteiger partial charge is 0.262 e. The standard InChI is InChI=1S/C13H13NO3S/c1-10-4-2-3-5-13(10)18(16,17)14-11-6-8-12(15)9-7-11/h2-9,14-15H,1H3. The highest BCUT2D eigenvalue weighted by molar-refractivity contribution is 7.92. The maximum Gasteiger partial charge on any atom is 0.262 e. The van der Waals surface area contributed by atoms with E-state index in [1.165, 1.54) is 24.3 Å². The number of aromatic hydroxyl groups is 1. The maximum absolute atomic E-state index is 12.1. The second-order valence-electron chi connectivity index (χ2n) is 3.92. The number of hydrogen-bond donors (Lipinski definition) is 2. The highest BCUT2D eigenvalue weighted by Crippen LogP contribution is 2.20. The topological polar surface area (TPSA) is 66.4 Å². The van der Waals surface area contributed by atoms with Crippen molar-refractivity contribution in [3.63, 3.8) is 0 Å². The maximum atomic E-state index is 12.1. The molecule has 2 rings (SSSR count). The summed E-state index contributed by atoms with van der Waals surface area (Å²) in [6.07, 6.45) is 0. The summed E-state index contributed by atoms with van der Waals surface area (Å²) < 4.78 is 26.7. The van der Waals surface area contributed by atoms with E-state index in [0.717, 1.165) is 0 Å². The van der Waals surface area contributed by atoms with Crippen molar-refractivity contribution in [2.75, 3.05) is 4.72 Å². The highest BCUT2D eigenvalue weighted by Gasteiger charge is 2.15. The fourth-order valence-electron chi connectivity index (χ4n) is 1.60. The van der Waals surface area contributed by atoms with Gasteiger partial charge in [0, 0.05) is 5.69 Å². The quantitative estimate of drug-likeness (QED) is 0.836. The summed E-state index contributed by atoms with van der Waals surface area (Å²) in [4.78, 5) is 0.248. The van der Waals surface area contributed by atoms with E-state index in [2.05, 4.69) is 4.72 Å². The van der Waals surface area contributed by atoms with Gasteiger partial charge in [-0.05, 0) is 42.8 Å². The van der Waals surface area contributed by atoms with Gasteiger partial charge in [0.1, 0.15) is 5.75 Å². The van der Waals surface area contributed by atoms with E-state index in [-0.39, 0.29) is 10.6 Å². The number of aryl methyl sites for hydroxylation is 1. The first kappa shape index (κ1) is 12.4. The summed E-state index contributed by atoms with van der Waals surface area (Å²) >= 11 is 0. The predicted octanol–water partition coefficient (Wildman–Crippen LogP) is 2.50. The molecule has 0 saturated heterocycles. The van der Waals surface area contributed by atoms with Crippen molar-refractivity contribution in [3.05, 3.63) is 54.1 Å². The Morgan fingerprint density at radius 2 is 1.61 bits per heavy atom. The first-order valence-corrected chi connectivity index (χ1v) is 6.85. The number of anilines is 1. The van der Waals surface area contributed by atoms with Gasteiger partial charge in [0.05, 0.1) is 4.90 Å². The monoisotopic (exact) mass is 263 g/mol. The van der Waals surface area contributed by atoms with Crippen LogP contribution >= 0.6 is 0 Å². The van der Waals surface area contributed by atoms with Crippen LogP contribution in [0.2, 0.25) is 0 Å². The fraction of sp³-hybridized carbons (Fsp3) is 0.0769. The van der Waals surface area contributed by atoms with Gasteiger partial charge in [0.15, 0.2) is 0 Å².